The van der Waals surface area contributed by atoms with Crippen LogP contribution in [0.5, 0.6) is 0 Å². The molecular formula is C12H20N4OS. The third kappa shape index (κ3) is 2.35. The minimum atomic E-state index is 0.0675. The maximum absolute atomic E-state index is 12.4. The molecule has 1 aliphatic rings. The number of likely N-dealkylation sites (N-methyl/N-ethyl adjacent to an activating group) is 1. The SMILES string of the molecule is Cc1nc(N)sc1C(=O)N1CC(C)C(N(C)C)C1. The highest BCUT2D eigenvalue weighted by Crippen LogP contribution is 2.26. The Morgan fingerprint density at radius 3 is 2.61 bits per heavy atom. The molecule has 2 heterocycles. The molecule has 0 bridgehead atoms. The predicted octanol–water partition coefficient (Wildman–Crippen LogP) is 1.06. The highest BCUT2D eigenvalue weighted by Gasteiger charge is 2.35. The third-order valence-corrected chi connectivity index (χ3v) is 4.51. The van der Waals surface area contributed by atoms with Gasteiger partial charge in [0.2, 0.25) is 0 Å². The van der Waals surface area contributed by atoms with Gasteiger partial charge >= 0.3 is 0 Å². The number of nitrogens with zero attached hydrogens (tertiary/aromatic N) is 3. The molecular weight excluding hydrogens is 248 g/mol. The van der Waals surface area contributed by atoms with Crippen molar-refractivity contribution in [2.24, 2.45) is 5.92 Å². The van der Waals surface area contributed by atoms with Crippen molar-refractivity contribution in [1.82, 2.24) is 14.8 Å². The van der Waals surface area contributed by atoms with Crippen molar-refractivity contribution >= 4 is 22.4 Å². The van der Waals surface area contributed by atoms with Gasteiger partial charge in [0.05, 0.1) is 5.69 Å². The maximum atomic E-state index is 12.4. The van der Waals surface area contributed by atoms with E-state index in [2.05, 4.69) is 30.9 Å². The van der Waals surface area contributed by atoms with Gasteiger partial charge in [-0.1, -0.05) is 18.3 Å². The number of aryl methyl sites for hydroxylation is 1. The van der Waals surface area contributed by atoms with Gasteiger partial charge in [0, 0.05) is 19.1 Å². The number of thiazole rings is 1. The highest BCUT2D eigenvalue weighted by molar-refractivity contribution is 7.17. The summed E-state index contributed by atoms with van der Waals surface area (Å²) < 4.78 is 0. The highest BCUT2D eigenvalue weighted by atomic mass is 32.1. The van der Waals surface area contributed by atoms with E-state index in [-0.39, 0.29) is 5.91 Å². The van der Waals surface area contributed by atoms with Crippen LogP contribution in [0.4, 0.5) is 5.13 Å². The van der Waals surface area contributed by atoms with E-state index in [9.17, 15) is 4.79 Å². The fraction of sp³-hybridized carbons (Fsp3) is 0.667. The Hall–Kier alpha value is -1.14. The first kappa shape index (κ1) is 13.3. The van der Waals surface area contributed by atoms with E-state index in [4.69, 9.17) is 5.73 Å². The summed E-state index contributed by atoms with van der Waals surface area (Å²) in [6.07, 6.45) is 0. The van der Waals surface area contributed by atoms with Gasteiger partial charge in [-0.3, -0.25) is 4.79 Å². The van der Waals surface area contributed by atoms with Crippen LogP contribution in [0.3, 0.4) is 0 Å². The third-order valence-electron chi connectivity index (χ3n) is 3.53. The summed E-state index contributed by atoms with van der Waals surface area (Å²) >= 11 is 1.28. The lowest BCUT2D eigenvalue weighted by atomic mass is 10.1. The van der Waals surface area contributed by atoms with Crippen LogP contribution in [-0.2, 0) is 0 Å². The molecule has 0 aromatic carbocycles. The molecule has 1 aliphatic heterocycles. The quantitative estimate of drug-likeness (QED) is 0.871. The Bertz CT molecular complexity index is 457. The topological polar surface area (TPSA) is 62.5 Å². The molecule has 5 nitrogen and oxygen atoms in total. The summed E-state index contributed by atoms with van der Waals surface area (Å²) in [6.45, 7) is 5.61. The molecule has 0 aliphatic carbocycles. The number of rotatable bonds is 2. The van der Waals surface area contributed by atoms with Gasteiger partial charge in [-0.15, -0.1) is 0 Å². The zero-order valence-corrected chi connectivity index (χ0v) is 12.1. The minimum Gasteiger partial charge on any atom is -0.375 e. The first-order valence-corrected chi connectivity index (χ1v) is 6.90. The second-order valence-electron chi connectivity index (χ2n) is 5.19. The van der Waals surface area contributed by atoms with Crippen LogP contribution in [0.2, 0.25) is 0 Å². The van der Waals surface area contributed by atoms with E-state index >= 15 is 0 Å². The molecule has 0 radical (unpaired) electrons. The van der Waals surface area contributed by atoms with Gasteiger partial charge in [0.15, 0.2) is 5.13 Å². The molecule has 0 spiro atoms. The van der Waals surface area contributed by atoms with Crippen molar-refractivity contribution in [2.75, 3.05) is 32.9 Å². The molecule has 1 aromatic heterocycles. The largest absolute Gasteiger partial charge is 0.375 e. The number of nitrogens with two attached hydrogens (primary N) is 1. The van der Waals surface area contributed by atoms with Crippen LogP contribution < -0.4 is 5.73 Å². The average molecular weight is 268 g/mol. The minimum absolute atomic E-state index is 0.0675. The molecule has 0 saturated carbocycles. The predicted molar refractivity (Wildman–Crippen MR) is 73.8 cm³/mol. The van der Waals surface area contributed by atoms with Gasteiger partial charge in [-0.25, -0.2) is 4.98 Å². The molecule has 1 aromatic rings. The van der Waals surface area contributed by atoms with E-state index in [0.29, 0.717) is 22.0 Å². The molecule has 100 valence electrons. The van der Waals surface area contributed by atoms with Gasteiger partial charge in [0.1, 0.15) is 4.88 Å². The Morgan fingerprint density at radius 2 is 2.17 bits per heavy atom. The standard InChI is InChI=1S/C12H20N4OS/c1-7-5-16(6-9(7)15(3)4)11(17)10-8(2)14-12(13)18-10/h7,9H,5-6H2,1-4H3,(H2,13,14). The molecule has 2 rings (SSSR count). The van der Waals surface area contributed by atoms with E-state index in [1.807, 2.05) is 11.8 Å². The zero-order valence-electron chi connectivity index (χ0n) is 11.3. The number of amides is 1. The van der Waals surface area contributed by atoms with E-state index in [1.165, 1.54) is 11.3 Å². The molecule has 1 amide bonds. The Balaban J connectivity index is 2.14. The second-order valence-corrected chi connectivity index (χ2v) is 6.22. The number of carbonyl (C=O) groups excluding carboxylic acids is 1. The van der Waals surface area contributed by atoms with E-state index < -0.39 is 0 Å². The van der Waals surface area contributed by atoms with Crippen molar-refractivity contribution < 1.29 is 4.79 Å². The van der Waals surface area contributed by atoms with Crippen LogP contribution in [0.25, 0.3) is 0 Å². The van der Waals surface area contributed by atoms with E-state index in [1.54, 1.807) is 0 Å². The smallest absolute Gasteiger partial charge is 0.265 e. The monoisotopic (exact) mass is 268 g/mol. The number of aromatic nitrogens is 1. The molecule has 2 atom stereocenters. The van der Waals surface area contributed by atoms with Gasteiger partial charge in [-0.05, 0) is 26.9 Å². The van der Waals surface area contributed by atoms with Gasteiger partial charge < -0.3 is 15.5 Å². The van der Waals surface area contributed by atoms with Gasteiger partial charge in [0.25, 0.3) is 5.91 Å². The number of carbonyl (C=O) groups is 1. The van der Waals surface area contributed by atoms with Crippen molar-refractivity contribution in [2.45, 2.75) is 19.9 Å². The van der Waals surface area contributed by atoms with Crippen LogP contribution in [0.1, 0.15) is 22.3 Å². The summed E-state index contributed by atoms with van der Waals surface area (Å²) in [5.41, 5.74) is 6.39. The fourth-order valence-electron chi connectivity index (χ4n) is 2.55. The molecule has 2 N–H and O–H groups in total. The summed E-state index contributed by atoms with van der Waals surface area (Å²) in [5.74, 6) is 0.562. The lowest BCUT2D eigenvalue weighted by molar-refractivity contribution is 0.0785. The Kier molecular flexibility index (Phi) is 3.59. The number of nitrogen functional groups attached to an aromatic ring is 1. The number of anilines is 1. The zero-order chi connectivity index (χ0) is 13.4. The van der Waals surface area contributed by atoms with Crippen molar-refractivity contribution in [3.8, 4) is 0 Å². The maximum Gasteiger partial charge on any atom is 0.265 e. The van der Waals surface area contributed by atoms with Crippen LogP contribution in [-0.4, -0.2) is 53.9 Å². The Morgan fingerprint density at radius 1 is 1.50 bits per heavy atom. The normalized spacial score (nSPS) is 23.9. The van der Waals surface area contributed by atoms with Crippen molar-refractivity contribution in [3.05, 3.63) is 10.6 Å². The average Bonchev–Trinajstić information content (AvgIpc) is 2.81. The van der Waals surface area contributed by atoms with Crippen LogP contribution in [0, 0.1) is 12.8 Å². The molecule has 6 heteroatoms. The second kappa shape index (κ2) is 4.85. The lowest BCUT2D eigenvalue weighted by Crippen LogP contribution is -2.35. The molecule has 1 fully saturated rings. The summed E-state index contributed by atoms with van der Waals surface area (Å²) in [7, 11) is 4.12. The molecule has 2 unspecified atom stereocenters. The number of hydrogen-bond acceptors (Lipinski definition) is 5. The first-order valence-electron chi connectivity index (χ1n) is 6.08. The summed E-state index contributed by atoms with van der Waals surface area (Å²) in [6, 6.07) is 0.430. The Labute approximate surface area is 112 Å². The number of hydrogen-bond donors (Lipinski definition) is 1. The molecule has 1 saturated heterocycles. The first-order chi connectivity index (χ1) is 8.40. The van der Waals surface area contributed by atoms with Crippen LogP contribution in [0.15, 0.2) is 0 Å². The summed E-state index contributed by atoms with van der Waals surface area (Å²) in [5, 5.41) is 0.465. The van der Waals surface area contributed by atoms with E-state index in [0.717, 1.165) is 18.8 Å². The molecule has 18 heavy (non-hydrogen) atoms. The van der Waals surface area contributed by atoms with Crippen LogP contribution >= 0.6 is 11.3 Å². The van der Waals surface area contributed by atoms with Gasteiger partial charge in [-0.2, -0.15) is 0 Å². The number of likely N-dealkylation sites (tertiary alicyclic amines) is 1. The lowest BCUT2D eigenvalue weighted by Gasteiger charge is -2.22. The van der Waals surface area contributed by atoms with Crippen molar-refractivity contribution in [1.29, 1.82) is 0 Å². The fourth-order valence-corrected chi connectivity index (χ4v) is 3.35. The summed E-state index contributed by atoms with van der Waals surface area (Å²) in [4.78, 5) is 21.3. The van der Waals surface area contributed by atoms with Crippen molar-refractivity contribution in [3.63, 3.8) is 0 Å².